The maximum absolute atomic E-state index is 6.81. The van der Waals surface area contributed by atoms with Crippen LogP contribution in [0.5, 0.6) is 0 Å². The first kappa shape index (κ1) is 30.0. The molecular weight excluding hydrogens is 631 g/mol. The molecule has 244 valence electrons. The highest BCUT2D eigenvalue weighted by Crippen LogP contribution is 2.49. The summed E-state index contributed by atoms with van der Waals surface area (Å²) in [7, 11) is 0. The third-order valence-corrected chi connectivity index (χ3v) is 10.3. The van der Waals surface area contributed by atoms with Gasteiger partial charge in [0.15, 0.2) is 0 Å². The minimum absolute atomic E-state index is 0.878. The van der Waals surface area contributed by atoms with Gasteiger partial charge in [-0.2, -0.15) is 0 Å². The van der Waals surface area contributed by atoms with Crippen molar-refractivity contribution in [3.05, 3.63) is 200 Å². The number of nitrogens with zero attached hydrogens (tertiary/aromatic N) is 1. The summed E-state index contributed by atoms with van der Waals surface area (Å²) in [6.07, 6.45) is 0. The van der Waals surface area contributed by atoms with Crippen LogP contribution in [0.3, 0.4) is 0 Å². The second kappa shape index (κ2) is 12.5. The zero-order valence-corrected chi connectivity index (χ0v) is 28.4. The number of fused-ring (bicyclic) bond motifs is 6. The third kappa shape index (κ3) is 4.96. The number of para-hydroxylation sites is 1. The summed E-state index contributed by atoms with van der Waals surface area (Å²) in [4.78, 5) is 2.46. The van der Waals surface area contributed by atoms with Gasteiger partial charge in [-0.1, -0.05) is 176 Å². The van der Waals surface area contributed by atoms with Gasteiger partial charge in [-0.05, 0) is 57.5 Å². The lowest BCUT2D eigenvalue weighted by molar-refractivity contribution is 0.673. The van der Waals surface area contributed by atoms with Crippen molar-refractivity contribution in [3.63, 3.8) is 0 Å². The number of hydrogen-bond donors (Lipinski definition) is 0. The third-order valence-electron chi connectivity index (χ3n) is 10.3. The Morgan fingerprint density at radius 1 is 0.327 bits per heavy atom. The van der Waals surface area contributed by atoms with Gasteiger partial charge in [-0.3, -0.25) is 0 Å². The van der Waals surface area contributed by atoms with E-state index in [1.54, 1.807) is 0 Å². The van der Waals surface area contributed by atoms with Gasteiger partial charge < -0.3 is 9.32 Å². The van der Waals surface area contributed by atoms with E-state index in [0.29, 0.717) is 0 Å². The van der Waals surface area contributed by atoms with E-state index in [4.69, 9.17) is 4.42 Å². The summed E-state index contributed by atoms with van der Waals surface area (Å²) in [5, 5.41) is 6.80. The lowest BCUT2D eigenvalue weighted by atomic mass is 9.95. The monoisotopic (exact) mass is 663 g/mol. The van der Waals surface area contributed by atoms with Crippen LogP contribution in [0, 0.1) is 0 Å². The Kier molecular flexibility index (Phi) is 7.18. The van der Waals surface area contributed by atoms with Crippen molar-refractivity contribution in [2.24, 2.45) is 0 Å². The zero-order valence-electron chi connectivity index (χ0n) is 28.4. The largest absolute Gasteiger partial charge is 0.455 e. The molecule has 0 aliphatic heterocycles. The molecule has 9 aromatic carbocycles. The van der Waals surface area contributed by atoms with Crippen LogP contribution < -0.4 is 4.90 Å². The minimum atomic E-state index is 0.878. The van der Waals surface area contributed by atoms with Crippen molar-refractivity contribution in [2.75, 3.05) is 4.90 Å². The van der Waals surface area contributed by atoms with Crippen LogP contribution in [0.4, 0.5) is 17.1 Å². The van der Waals surface area contributed by atoms with Crippen LogP contribution in [0.1, 0.15) is 0 Å². The first-order chi connectivity index (χ1) is 25.8. The normalized spacial score (nSPS) is 11.5. The van der Waals surface area contributed by atoms with E-state index >= 15 is 0 Å². The van der Waals surface area contributed by atoms with Crippen molar-refractivity contribution < 1.29 is 4.42 Å². The Morgan fingerprint density at radius 2 is 0.865 bits per heavy atom. The SMILES string of the molecule is c1ccc(-c2ccc(-c3cccc4oc5c6ccccc6c(N(c6ccccc6-c6ccccc6)c6cccc7ccccc67)cc5c34)cc2)cc1. The summed E-state index contributed by atoms with van der Waals surface area (Å²) in [5.41, 5.74) is 12.2. The fourth-order valence-electron chi connectivity index (χ4n) is 7.85. The quantitative estimate of drug-likeness (QED) is 0.176. The molecule has 0 saturated heterocycles. The van der Waals surface area contributed by atoms with Gasteiger partial charge in [0.2, 0.25) is 0 Å². The lowest BCUT2D eigenvalue weighted by Gasteiger charge is -2.30. The van der Waals surface area contributed by atoms with Crippen LogP contribution in [0.2, 0.25) is 0 Å². The highest BCUT2D eigenvalue weighted by atomic mass is 16.3. The molecule has 10 aromatic rings. The molecular formula is C50H33NO. The number of anilines is 3. The summed E-state index contributed by atoms with van der Waals surface area (Å²) >= 11 is 0. The van der Waals surface area contributed by atoms with Gasteiger partial charge in [-0.15, -0.1) is 0 Å². The van der Waals surface area contributed by atoms with E-state index in [2.05, 4.69) is 205 Å². The highest BCUT2D eigenvalue weighted by Gasteiger charge is 2.24. The van der Waals surface area contributed by atoms with Gasteiger partial charge in [0, 0.05) is 32.5 Å². The fraction of sp³-hybridized carbons (Fsp3) is 0. The van der Waals surface area contributed by atoms with Crippen molar-refractivity contribution in [1.82, 2.24) is 0 Å². The maximum atomic E-state index is 6.81. The smallest absolute Gasteiger partial charge is 0.143 e. The second-order valence-corrected chi connectivity index (χ2v) is 13.3. The molecule has 2 nitrogen and oxygen atoms in total. The molecule has 0 saturated carbocycles. The number of benzene rings is 9. The first-order valence-corrected chi connectivity index (χ1v) is 17.8. The molecule has 0 bridgehead atoms. The van der Waals surface area contributed by atoms with Gasteiger partial charge in [0.05, 0.1) is 17.1 Å². The molecule has 2 heteroatoms. The van der Waals surface area contributed by atoms with E-state index in [9.17, 15) is 0 Å². The number of furan rings is 1. The summed E-state index contributed by atoms with van der Waals surface area (Å²) in [6, 6.07) is 71.6. The average molecular weight is 664 g/mol. The molecule has 0 fully saturated rings. The zero-order chi connectivity index (χ0) is 34.4. The van der Waals surface area contributed by atoms with E-state index < -0.39 is 0 Å². The molecule has 52 heavy (non-hydrogen) atoms. The fourth-order valence-corrected chi connectivity index (χ4v) is 7.85. The summed E-state index contributed by atoms with van der Waals surface area (Å²) < 4.78 is 6.81. The van der Waals surface area contributed by atoms with E-state index in [1.807, 2.05) is 0 Å². The first-order valence-electron chi connectivity index (χ1n) is 17.8. The number of rotatable bonds is 6. The van der Waals surface area contributed by atoms with Crippen LogP contribution in [-0.4, -0.2) is 0 Å². The predicted octanol–water partition coefficient (Wildman–Crippen LogP) is 14.4. The molecule has 0 spiro atoms. The molecule has 0 atom stereocenters. The molecule has 0 unspecified atom stereocenters. The van der Waals surface area contributed by atoms with Crippen LogP contribution in [-0.2, 0) is 0 Å². The summed E-state index contributed by atoms with van der Waals surface area (Å²) in [6.45, 7) is 0. The highest BCUT2D eigenvalue weighted by molar-refractivity contribution is 6.23. The van der Waals surface area contributed by atoms with Crippen molar-refractivity contribution >= 4 is 60.5 Å². The van der Waals surface area contributed by atoms with E-state index in [1.165, 1.54) is 27.5 Å². The Balaban J connectivity index is 1.27. The van der Waals surface area contributed by atoms with Gasteiger partial charge >= 0.3 is 0 Å². The molecule has 10 rings (SSSR count). The van der Waals surface area contributed by atoms with Crippen LogP contribution in [0.15, 0.2) is 205 Å². The van der Waals surface area contributed by atoms with Gasteiger partial charge in [-0.25, -0.2) is 0 Å². The van der Waals surface area contributed by atoms with Crippen molar-refractivity contribution in [3.8, 4) is 33.4 Å². The van der Waals surface area contributed by atoms with Gasteiger partial charge in [0.1, 0.15) is 11.2 Å². The number of hydrogen-bond acceptors (Lipinski definition) is 2. The molecule has 1 aromatic heterocycles. The molecule has 0 radical (unpaired) electrons. The molecule has 0 amide bonds. The topological polar surface area (TPSA) is 16.4 Å². The Morgan fingerprint density at radius 3 is 1.67 bits per heavy atom. The molecule has 0 aliphatic carbocycles. The summed E-state index contributed by atoms with van der Waals surface area (Å²) in [5.74, 6) is 0. The maximum Gasteiger partial charge on any atom is 0.143 e. The Hall–Kier alpha value is -6.90. The predicted molar refractivity (Wildman–Crippen MR) is 220 cm³/mol. The minimum Gasteiger partial charge on any atom is -0.455 e. The molecule has 1 heterocycles. The van der Waals surface area contributed by atoms with Crippen LogP contribution >= 0.6 is 0 Å². The lowest BCUT2D eigenvalue weighted by Crippen LogP contribution is -2.12. The Labute approximate surface area is 302 Å². The van der Waals surface area contributed by atoms with Gasteiger partial charge in [0.25, 0.3) is 0 Å². The van der Waals surface area contributed by atoms with Crippen LogP contribution in [0.25, 0.3) is 76.9 Å². The molecule has 0 aliphatic rings. The average Bonchev–Trinajstić information content (AvgIpc) is 3.61. The van der Waals surface area contributed by atoms with Crippen molar-refractivity contribution in [2.45, 2.75) is 0 Å². The van der Waals surface area contributed by atoms with Crippen molar-refractivity contribution in [1.29, 1.82) is 0 Å². The standard InChI is InChI=1S/C50H33NO/c1-3-15-34(16-4-1)35-29-31-38(32-30-35)41-25-14-28-48-49(41)44-33-47(42-23-9-10-24-43(42)50(44)52-48)51(46-27-13-20-37-19-7-8-21-40(37)46)45-26-12-11-22-39(45)36-17-5-2-6-18-36/h1-33H. The Bertz CT molecular complexity index is 2880. The molecule has 0 N–H and O–H groups in total. The second-order valence-electron chi connectivity index (χ2n) is 13.3. The van der Waals surface area contributed by atoms with E-state index in [0.717, 1.165) is 66.5 Å². The van der Waals surface area contributed by atoms with E-state index in [-0.39, 0.29) is 0 Å².